The number of benzene rings is 1. The molecule has 0 saturated carbocycles. The molecule has 1 aromatic carbocycles. The second kappa shape index (κ2) is 9.10. The molecule has 1 fully saturated rings. The summed E-state index contributed by atoms with van der Waals surface area (Å²) in [6, 6.07) is 15.1. The first-order valence-electron chi connectivity index (χ1n) is 10.4. The molecule has 2 atom stereocenters. The number of rotatable bonds is 6. The van der Waals surface area contributed by atoms with Crippen LogP contribution in [0.5, 0.6) is 0 Å². The summed E-state index contributed by atoms with van der Waals surface area (Å²) in [5, 5.41) is 13.7. The molecule has 3 heterocycles. The predicted molar refractivity (Wildman–Crippen MR) is 126 cm³/mol. The van der Waals surface area contributed by atoms with Gasteiger partial charge in [-0.25, -0.2) is 4.79 Å². The van der Waals surface area contributed by atoms with Crippen molar-refractivity contribution in [2.45, 2.75) is 25.9 Å². The van der Waals surface area contributed by atoms with Crippen molar-refractivity contribution in [1.82, 2.24) is 19.8 Å². The summed E-state index contributed by atoms with van der Waals surface area (Å²) in [6.45, 7) is 4.50. The quantitative estimate of drug-likeness (QED) is 0.441. The number of hydrogen-bond acceptors (Lipinski definition) is 5. The fourth-order valence-corrected chi connectivity index (χ4v) is 4.80. The van der Waals surface area contributed by atoms with Gasteiger partial charge in [-0.15, -0.1) is 0 Å². The zero-order valence-electron chi connectivity index (χ0n) is 18.3. The molecule has 3 aromatic rings. The van der Waals surface area contributed by atoms with E-state index in [0.29, 0.717) is 17.2 Å². The van der Waals surface area contributed by atoms with Crippen LogP contribution >= 0.6 is 12.2 Å². The number of carbonyl (C=O) groups excluding carboxylic acids is 1. The number of thiocarbonyl (C=S) groups is 1. The molecule has 0 amide bonds. The summed E-state index contributed by atoms with van der Waals surface area (Å²) in [7, 11) is 1.38. The predicted octanol–water partition coefficient (Wildman–Crippen LogP) is 3.24. The van der Waals surface area contributed by atoms with Gasteiger partial charge in [-0.2, -0.15) is 0 Å². The number of hydrogen-bond donors (Lipinski definition) is 2. The van der Waals surface area contributed by atoms with Crippen LogP contribution in [0.1, 0.15) is 45.1 Å². The molecule has 1 saturated heterocycles. The van der Waals surface area contributed by atoms with Gasteiger partial charge in [0.25, 0.3) is 0 Å². The SMILES string of the molecule is COC(=O)c1cccc(-n2c(C)cc(C3C(c4ccccn4)NC(=S)N3CCO)c2C)c1. The number of carbonyl (C=O) groups is 1. The molecule has 2 N–H and O–H groups in total. The van der Waals surface area contributed by atoms with Gasteiger partial charge in [0, 0.05) is 29.8 Å². The lowest BCUT2D eigenvalue weighted by molar-refractivity contribution is 0.0600. The molecule has 0 spiro atoms. The average molecular weight is 451 g/mol. The van der Waals surface area contributed by atoms with E-state index in [-0.39, 0.29) is 24.7 Å². The fourth-order valence-electron chi connectivity index (χ4n) is 4.47. The molecule has 4 rings (SSSR count). The average Bonchev–Trinajstić information content (AvgIpc) is 3.29. The maximum Gasteiger partial charge on any atom is 0.337 e. The Labute approximate surface area is 192 Å². The summed E-state index contributed by atoms with van der Waals surface area (Å²) in [6.07, 6.45) is 1.77. The van der Waals surface area contributed by atoms with Crippen molar-refractivity contribution >= 4 is 23.3 Å². The third kappa shape index (κ3) is 3.87. The van der Waals surface area contributed by atoms with Crippen LogP contribution in [-0.2, 0) is 4.74 Å². The Morgan fingerprint density at radius 1 is 1.22 bits per heavy atom. The fraction of sp³-hybridized carbons (Fsp3) is 0.292. The molecular weight excluding hydrogens is 424 g/mol. The number of aryl methyl sites for hydroxylation is 1. The zero-order chi connectivity index (χ0) is 22.8. The highest BCUT2D eigenvalue weighted by molar-refractivity contribution is 7.80. The first-order chi connectivity index (χ1) is 15.5. The maximum absolute atomic E-state index is 12.0. The van der Waals surface area contributed by atoms with E-state index in [4.69, 9.17) is 17.0 Å². The van der Waals surface area contributed by atoms with Gasteiger partial charge in [0.15, 0.2) is 5.11 Å². The van der Waals surface area contributed by atoms with Crippen molar-refractivity contribution in [2.24, 2.45) is 0 Å². The third-order valence-corrected chi connectivity index (χ3v) is 6.21. The minimum Gasteiger partial charge on any atom is -0.465 e. The molecule has 2 aromatic heterocycles. The monoisotopic (exact) mass is 450 g/mol. The van der Waals surface area contributed by atoms with Gasteiger partial charge in [0.1, 0.15) is 0 Å². The number of aliphatic hydroxyl groups is 1. The zero-order valence-corrected chi connectivity index (χ0v) is 19.1. The number of methoxy groups -OCH3 is 1. The smallest absolute Gasteiger partial charge is 0.337 e. The topological polar surface area (TPSA) is 79.6 Å². The molecule has 0 radical (unpaired) electrons. The number of aromatic nitrogens is 2. The first kappa shape index (κ1) is 22.0. The molecule has 8 heteroatoms. The lowest BCUT2D eigenvalue weighted by Crippen LogP contribution is -2.32. The van der Waals surface area contributed by atoms with E-state index in [9.17, 15) is 9.90 Å². The first-order valence-corrected chi connectivity index (χ1v) is 10.8. The highest BCUT2D eigenvalue weighted by atomic mass is 32.1. The Balaban J connectivity index is 1.82. The Morgan fingerprint density at radius 2 is 2.03 bits per heavy atom. The summed E-state index contributed by atoms with van der Waals surface area (Å²) < 4.78 is 7.00. The van der Waals surface area contributed by atoms with Crippen LogP contribution < -0.4 is 5.32 Å². The summed E-state index contributed by atoms with van der Waals surface area (Å²) in [4.78, 5) is 18.6. The van der Waals surface area contributed by atoms with E-state index in [1.54, 1.807) is 12.3 Å². The van der Waals surface area contributed by atoms with E-state index in [1.165, 1.54) is 7.11 Å². The van der Waals surface area contributed by atoms with Crippen LogP contribution in [0, 0.1) is 13.8 Å². The normalized spacial score (nSPS) is 18.0. The van der Waals surface area contributed by atoms with E-state index in [1.807, 2.05) is 48.2 Å². The minimum absolute atomic E-state index is 0.00677. The van der Waals surface area contributed by atoms with E-state index < -0.39 is 0 Å². The lowest BCUT2D eigenvalue weighted by Gasteiger charge is -2.27. The van der Waals surface area contributed by atoms with Gasteiger partial charge in [-0.1, -0.05) is 12.1 Å². The van der Waals surface area contributed by atoms with Gasteiger partial charge >= 0.3 is 5.97 Å². The van der Waals surface area contributed by atoms with Crippen LogP contribution in [0.4, 0.5) is 0 Å². The molecule has 1 aliphatic rings. The van der Waals surface area contributed by atoms with Crippen molar-refractivity contribution in [1.29, 1.82) is 0 Å². The molecule has 0 bridgehead atoms. The van der Waals surface area contributed by atoms with Gasteiger partial charge in [-0.05, 0) is 68.0 Å². The molecule has 2 unspecified atom stereocenters. The highest BCUT2D eigenvalue weighted by Crippen LogP contribution is 2.41. The third-order valence-electron chi connectivity index (χ3n) is 5.85. The van der Waals surface area contributed by atoms with Crippen molar-refractivity contribution in [3.05, 3.63) is 82.9 Å². The second-order valence-electron chi connectivity index (χ2n) is 7.75. The molecular formula is C24H26N4O3S. The lowest BCUT2D eigenvalue weighted by atomic mass is 9.97. The summed E-state index contributed by atoms with van der Waals surface area (Å²) >= 11 is 5.61. The van der Waals surface area contributed by atoms with Crippen LogP contribution in [0.15, 0.2) is 54.7 Å². The van der Waals surface area contributed by atoms with E-state index >= 15 is 0 Å². The Hall–Kier alpha value is -3.23. The Kier molecular flexibility index (Phi) is 6.25. The number of β-amino-alcohol motifs (C(OH)–C–C–N with tert-alkyl or cyclic N) is 1. The Bertz CT molecular complexity index is 1150. The van der Waals surface area contributed by atoms with Gasteiger partial charge in [0.05, 0.1) is 37.1 Å². The molecule has 1 aliphatic heterocycles. The number of esters is 1. The second-order valence-corrected chi connectivity index (χ2v) is 8.13. The minimum atomic E-state index is -0.371. The van der Waals surface area contributed by atoms with Crippen molar-refractivity contribution in [3.8, 4) is 5.69 Å². The number of nitrogens with one attached hydrogen (secondary N) is 1. The van der Waals surface area contributed by atoms with Crippen LogP contribution in [-0.4, -0.2) is 50.9 Å². The maximum atomic E-state index is 12.0. The number of nitrogens with zero attached hydrogens (tertiary/aromatic N) is 3. The number of aliphatic hydroxyl groups excluding tert-OH is 1. The van der Waals surface area contributed by atoms with Gasteiger partial charge in [-0.3, -0.25) is 4.98 Å². The van der Waals surface area contributed by atoms with Crippen LogP contribution in [0.2, 0.25) is 0 Å². The van der Waals surface area contributed by atoms with Crippen LogP contribution in [0.25, 0.3) is 5.69 Å². The molecule has 0 aliphatic carbocycles. The molecule has 32 heavy (non-hydrogen) atoms. The highest BCUT2D eigenvalue weighted by Gasteiger charge is 2.41. The van der Waals surface area contributed by atoms with Crippen LogP contribution in [0.3, 0.4) is 0 Å². The molecule has 166 valence electrons. The standard InChI is InChI=1S/C24H26N4O3S/c1-15-13-19(16(2)28(15)18-8-6-7-17(14-18)23(30)31-3)22-21(20-9-4-5-10-25-20)26-24(32)27(22)11-12-29/h4-10,13-14,21-22,29H,11-12H2,1-3H3,(H,26,32). The number of ether oxygens (including phenoxy) is 1. The largest absolute Gasteiger partial charge is 0.465 e. The number of pyridine rings is 1. The Morgan fingerprint density at radius 3 is 2.72 bits per heavy atom. The van der Waals surface area contributed by atoms with Gasteiger partial charge in [0.2, 0.25) is 0 Å². The van der Waals surface area contributed by atoms with E-state index in [0.717, 1.165) is 28.3 Å². The summed E-state index contributed by atoms with van der Waals surface area (Å²) in [5.41, 5.74) is 5.41. The van der Waals surface area contributed by atoms with Crippen molar-refractivity contribution in [2.75, 3.05) is 20.3 Å². The van der Waals surface area contributed by atoms with E-state index in [2.05, 4.69) is 27.9 Å². The van der Waals surface area contributed by atoms with Crippen molar-refractivity contribution in [3.63, 3.8) is 0 Å². The summed E-state index contributed by atoms with van der Waals surface area (Å²) in [5.74, 6) is -0.371. The van der Waals surface area contributed by atoms with Crippen molar-refractivity contribution < 1.29 is 14.6 Å². The molecule has 7 nitrogen and oxygen atoms in total. The van der Waals surface area contributed by atoms with Gasteiger partial charge < -0.3 is 24.6 Å².